The van der Waals surface area contributed by atoms with Gasteiger partial charge in [-0.05, 0) is 17.2 Å². The number of hydrogen-bond acceptors (Lipinski definition) is 3. The Morgan fingerprint density at radius 2 is 2.05 bits per heavy atom. The lowest BCUT2D eigenvalue weighted by Gasteiger charge is -2.19. The first-order valence-electron chi connectivity index (χ1n) is 6.72. The van der Waals surface area contributed by atoms with Crippen molar-refractivity contribution in [1.82, 2.24) is 0 Å². The minimum Gasteiger partial charge on any atom is -0.366 e. The predicted molar refractivity (Wildman–Crippen MR) is 79.0 cm³/mol. The number of para-hydroxylation sites is 1. The number of nitro benzene ring substituents is 1. The van der Waals surface area contributed by atoms with Crippen LogP contribution in [0.15, 0.2) is 48.5 Å². The monoisotopic (exact) mass is 268 g/mol. The average Bonchev–Trinajstić information content (AvgIpc) is 2.76. The number of rotatable bonds is 3. The topological polar surface area (TPSA) is 46.4 Å². The zero-order valence-corrected chi connectivity index (χ0v) is 11.3. The predicted octanol–water partition coefficient (Wildman–Crippen LogP) is 3.72. The van der Waals surface area contributed by atoms with Crippen molar-refractivity contribution in [3.63, 3.8) is 0 Å². The van der Waals surface area contributed by atoms with Gasteiger partial charge in [-0.25, -0.2) is 0 Å². The van der Waals surface area contributed by atoms with Gasteiger partial charge in [0.05, 0.1) is 4.92 Å². The first kappa shape index (κ1) is 12.7. The van der Waals surface area contributed by atoms with E-state index in [0.717, 1.165) is 12.1 Å². The number of hydrogen-bond donors (Lipinski definition) is 0. The van der Waals surface area contributed by atoms with E-state index >= 15 is 0 Å². The molecule has 3 rings (SSSR count). The van der Waals surface area contributed by atoms with Crippen LogP contribution in [0.5, 0.6) is 0 Å². The zero-order valence-electron chi connectivity index (χ0n) is 11.3. The van der Waals surface area contributed by atoms with Crippen LogP contribution in [0.4, 0.5) is 11.4 Å². The molecule has 4 heteroatoms. The van der Waals surface area contributed by atoms with E-state index in [4.69, 9.17) is 0 Å². The lowest BCUT2D eigenvalue weighted by atomic mass is 10.0. The van der Waals surface area contributed by atoms with Gasteiger partial charge in [-0.1, -0.05) is 37.3 Å². The highest BCUT2D eigenvalue weighted by Gasteiger charge is 2.24. The highest BCUT2D eigenvalue weighted by Crippen LogP contribution is 2.36. The van der Waals surface area contributed by atoms with Gasteiger partial charge in [-0.2, -0.15) is 0 Å². The molecule has 102 valence electrons. The van der Waals surface area contributed by atoms with Crippen molar-refractivity contribution in [2.24, 2.45) is 0 Å². The molecule has 1 unspecified atom stereocenters. The van der Waals surface area contributed by atoms with E-state index in [1.165, 1.54) is 17.3 Å². The van der Waals surface area contributed by atoms with Crippen molar-refractivity contribution in [3.8, 4) is 0 Å². The molecule has 0 fully saturated rings. The summed E-state index contributed by atoms with van der Waals surface area (Å²) in [5.74, 6) is 0.505. The van der Waals surface area contributed by atoms with Gasteiger partial charge in [0.15, 0.2) is 0 Å². The first-order valence-corrected chi connectivity index (χ1v) is 6.72. The van der Waals surface area contributed by atoms with Crippen LogP contribution in [0.2, 0.25) is 0 Å². The second-order valence-electron chi connectivity index (χ2n) is 5.27. The third-order valence-electron chi connectivity index (χ3n) is 3.80. The van der Waals surface area contributed by atoms with Gasteiger partial charge < -0.3 is 4.90 Å². The number of benzene rings is 2. The van der Waals surface area contributed by atoms with E-state index in [1.54, 1.807) is 12.1 Å². The summed E-state index contributed by atoms with van der Waals surface area (Å²) in [4.78, 5) is 12.8. The van der Waals surface area contributed by atoms with E-state index in [0.29, 0.717) is 12.5 Å². The van der Waals surface area contributed by atoms with Gasteiger partial charge in [0.2, 0.25) is 0 Å². The van der Waals surface area contributed by atoms with Crippen molar-refractivity contribution in [2.75, 3.05) is 11.4 Å². The van der Waals surface area contributed by atoms with Crippen molar-refractivity contribution >= 4 is 11.4 Å². The number of anilines is 1. The van der Waals surface area contributed by atoms with Gasteiger partial charge in [0.1, 0.15) is 0 Å². The fraction of sp³-hybridized carbons (Fsp3) is 0.250. The number of nitro groups is 1. The van der Waals surface area contributed by atoms with Gasteiger partial charge in [0, 0.05) is 36.8 Å². The molecule has 0 aliphatic carbocycles. The average molecular weight is 268 g/mol. The van der Waals surface area contributed by atoms with Crippen molar-refractivity contribution in [1.29, 1.82) is 0 Å². The molecule has 2 aromatic carbocycles. The smallest absolute Gasteiger partial charge is 0.269 e. The van der Waals surface area contributed by atoms with Crippen molar-refractivity contribution in [3.05, 3.63) is 69.8 Å². The lowest BCUT2D eigenvalue weighted by Crippen LogP contribution is -2.20. The molecule has 1 atom stereocenters. The van der Waals surface area contributed by atoms with Gasteiger partial charge in [-0.3, -0.25) is 10.1 Å². The van der Waals surface area contributed by atoms with Crippen LogP contribution in [0.3, 0.4) is 0 Å². The van der Waals surface area contributed by atoms with Gasteiger partial charge >= 0.3 is 0 Å². The van der Waals surface area contributed by atoms with Crippen LogP contribution in [0.1, 0.15) is 24.0 Å². The first-order chi connectivity index (χ1) is 9.65. The van der Waals surface area contributed by atoms with Gasteiger partial charge in [-0.15, -0.1) is 0 Å². The summed E-state index contributed by atoms with van der Waals surface area (Å²) in [5.41, 5.74) is 3.73. The molecule has 0 bridgehead atoms. The highest BCUT2D eigenvalue weighted by molar-refractivity contribution is 5.60. The Hall–Kier alpha value is -2.36. The molecule has 0 saturated heterocycles. The van der Waals surface area contributed by atoms with Crippen molar-refractivity contribution < 1.29 is 4.92 Å². The molecule has 0 amide bonds. The van der Waals surface area contributed by atoms with E-state index in [-0.39, 0.29) is 10.6 Å². The summed E-state index contributed by atoms with van der Waals surface area (Å²) < 4.78 is 0. The summed E-state index contributed by atoms with van der Waals surface area (Å²) in [6, 6.07) is 15.3. The van der Waals surface area contributed by atoms with Crippen LogP contribution in [-0.4, -0.2) is 11.5 Å². The maximum absolute atomic E-state index is 10.8. The molecular weight excluding hydrogens is 252 g/mol. The SMILES string of the molecule is CC1CN(Cc2cccc([N+](=O)[O-])c2)c2ccccc21. The minimum absolute atomic E-state index is 0.156. The minimum atomic E-state index is -0.343. The van der Waals surface area contributed by atoms with E-state index in [1.807, 2.05) is 12.1 Å². The Morgan fingerprint density at radius 1 is 1.25 bits per heavy atom. The Bertz CT molecular complexity index is 654. The van der Waals surface area contributed by atoms with Gasteiger partial charge in [0.25, 0.3) is 5.69 Å². The summed E-state index contributed by atoms with van der Waals surface area (Å²) in [7, 11) is 0. The Kier molecular flexibility index (Phi) is 3.14. The third kappa shape index (κ3) is 2.25. The third-order valence-corrected chi connectivity index (χ3v) is 3.80. The molecular formula is C16H16N2O2. The molecule has 1 heterocycles. The summed E-state index contributed by atoms with van der Waals surface area (Å²) in [5, 5.41) is 10.8. The maximum atomic E-state index is 10.8. The molecule has 4 nitrogen and oxygen atoms in total. The summed E-state index contributed by atoms with van der Waals surface area (Å²) in [6.45, 7) is 3.89. The molecule has 0 aromatic heterocycles. The zero-order chi connectivity index (χ0) is 14.1. The Labute approximate surface area is 117 Å². The quantitative estimate of drug-likeness (QED) is 0.629. The maximum Gasteiger partial charge on any atom is 0.269 e. The van der Waals surface area contributed by atoms with Crippen LogP contribution in [-0.2, 0) is 6.54 Å². The van der Waals surface area contributed by atoms with Crippen LogP contribution in [0.25, 0.3) is 0 Å². The fourth-order valence-electron chi connectivity index (χ4n) is 2.86. The van der Waals surface area contributed by atoms with Crippen LogP contribution < -0.4 is 4.90 Å². The van der Waals surface area contributed by atoms with Crippen LogP contribution in [0, 0.1) is 10.1 Å². The van der Waals surface area contributed by atoms with Crippen LogP contribution >= 0.6 is 0 Å². The number of nitrogens with zero attached hydrogens (tertiary/aromatic N) is 2. The highest BCUT2D eigenvalue weighted by atomic mass is 16.6. The standard InChI is InChI=1S/C16H16N2O2/c1-12-10-17(16-8-3-2-7-15(12)16)11-13-5-4-6-14(9-13)18(19)20/h2-9,12H,10-11H2,1H3. The summed E-state index contributed by atoms with van der Waals surface area (Å²) >= 11 is 0. The molecule has 0 N–H and O–H groups in total. The molecule has 0 saturated carbocycles. The van der Waals surface area contributed by atoms with Crippen molar-refractivity contribution in [2.45, 2.75) is 19.4 Å². The Balaban J connectivity index is 1.86. The van der Waals surface area contributed by atoms with E-state index in [2.05, 4.69) is 30.0 Å². The molecule has 0 radical (unpaired) electrons. The number of fused-ring (bicyclic) bond motifs is 1. The molecule has 20 heavy (non-hydrogen) atoms. The fourth-order valence-corrected chi connectivity index (χ4v) is 2.86. The van der Waals surface area contributed by atoms with E-state index in [9.17, 15) is 10.1 Å². The normalized spacial score (nSPS) is 17.1. The second-order valence-corrected chi connectivity index (χ2v) is 5.27. The second kappa shape index (κ2) is 4.96. The number of non-ortho nitro benzene ring substituents is 1. The molecule has 0 spiro atoms. The molecule has 2 aromatic rings. The van der Waals surface area contributed by atoms with E-state index < -0.39 is 0 Å². The molecule has 1 aliphatic heterocycles. The lowest BCUT2D eigenvalue weighted by molar-refractivity contribution is -0.384. The summed E-state index contributed by atoms with van der Waals surface area (Å²) in [6.07, 6.45) is 0. The Morgan fingerprint density at radius 3 is 2.85 bits per heavy atom. The molecule has 1 aliphatic rings. The largest absolute Gasteiger partial charge is 0.366 e.